The molecule has 0 heterocycles. The molecule has 0 radical (unpaired) electrons. The average molecular weight is 329 g/mol. The van der Waals surface area contributed by atoms with Crippen LogP contribution in [0.3, 0.4) is 0 Å². The van der Waals surface area contributed by atoms with Crippen LogP contribution in [0.2, 0.25) is 0 Å². The van der Waals surface area contributed by atoms with E-state index in [9.17, 15) is 0 Å². The fourth-order valence-corrected chi connectivity index (χ4v) is 4.55. The van der Waals surface area contributed by atoms with E-state index in [2.05, 4.69) is 73.7 Å². The van der Waals surface area contributed by atoms with E-state index in [4.69, 9.17) is 5.73 Å². The summed E-state index contributed by atoms with van der Waals surface area (Å²) >= 11 is 0. The zero-order chi connectivity index (χ0) is 17.3. The molecule has 1 heteroatoms. The van der Waals surface area contributed by atoms with Crippen LogP contribution < -0.4 is 5.73 Å². The van der Waals surface area contributed by atoms with Crippen LogP contribution in [-0.4, -0.2) is 6.54 Å². The summed E-state index contributed by atoms with van der Waals surface area (Å²) in [5, 5.41) is 2.69. The smallest absolute Gasteiger partial charge is 0.00761 e. The first-order chi connectivity index (χ1) is 12.2. The molecule has 1 nitrogen and oxygen atoms in total. The number of hydrogen-bond donors (Lipinski definition) is 1. The van der Waals surface area contributed by atoms with E-state index in [-0.39, 0.29) is 5.41 Å². The minimum atomic E-state index is 0.166. The summed E-state index contributed by atoms with van der Waals surface area (Å²) in [5.74, 6) is 0.661. The Labute approximate surface area is 150 Å². The lowest BCUT2D eigenvalue weighted by atomic mass is 9.65. The maximum Gasteiger partial charge on any atom is 0.00761 e. The predicted molar refractivity (Wildman–Crippen MR) is 107 cm³/mol. The molecule has 0 spiro atoms. The largest absolute Gasteiger partial charge is 0.330 e. The lowest BCUT2D eigenvalue weighted by Gasteiger charge is -2.40. The Morgan fingerprint density at radius 3 is 2.36 bits per heavy atom. The topological polar surface area (TPSA) is 26.0 Å². The van der Waals surface area contributed by atoms with E-state index in [0.29, 0.717) is 5.92 Å². The van der Waals surface area contributed by atoms with Crippen LogP contribution in [0.15, 0.2) is 66.7 Å². The molecule has 3 aromatic rings. The van der Waals surface area contributed by atoms with E-state index in [1.807, 2.05) is 0 Å². The monoisotopic (exact) mass is 329 g/mol. The van der Waals surface area contributed by atoms with Crippen molar-refractivity contribution < 1.29 is 0 Å². The van der Waals surface area contributed by atoms with Gasteiger partial charge >= 0.3 is 0 Å². The number of aryl methyl sites for hydroxylation is 1. The Hall–Kier alpha value is -2.12. The second kappa shape index (κ2) is 6.65. The molecule has 0 bridgehead atoms. The van der Waals surface area contributed by atoms with Crippen molar-refractivity contribution in [3.8, 4) is 0 Å². The maximum absolute atomic E-state index is 6.28. The van der Waals surface area contributed by atoms with Gasteiger partial charge in [-0.3, -0.25) is 0 Å². The van der Waals surface area contributed by atoms with Crippen molar-refractivity contribution in [2.45, 2.75) is 43.9 Å². The summed E-state index contributed by atoms with van der Waals surface area (Å²) in [6.45, 7) is 2.93. The normalized spacial score (nSPS) is 23.7. The lowest BCUT2D eigenvalue weighted by molar-refractivity contribution is 0.276. The molecule has 1 aliphatic rings. The predicted octanol–water partition coefficient (Wildman–Crippen LogP) is 5.70. The van der Waals surface area contributed by atoms with Gasteiger partial charge in [0.25, 0.3) is 0 Å². The molecule has 0 aromatic heterocycles. The van der Waals surface area contributed by atoms with E-state index >= 15 is 0 Å². The molecule has 25 heavy (non-hydrogen) atoms. The van der Waals surface area contributed by atoms with Gasteiger partial charge < -0.3 is 5.73 Å². The quantitative estimate of drug-likeness (QED) is 0.655. The van der Waals surface area contributed by atoms with Crippen LogP contribution >= 0.6 is 0 Å². The van der Waals surface area contributed by atoms with Crippen molar-refractivity contribution in [2.24, 2.45) is 5.73 Å². The number of fused-ring (bicyclic) bond motifs is 1. The van der Waals surface area contributed by atoms with E-state index in [0.717, 1.165) is 6.54 Å². The molecule has 0 aliphatic heterocycles. The lowest BCUT2D eigenvalue weighted by Crippen LogP contribution is -2.38. The third-order valence-electron chi connectivity index (χ3n) is 6.21. The highest BCUT2D eigenvalue weighted by Gasteiger charge is 2.36. The SMILES string of the molecule is Cc1cccc([C@]2(CN)CC[C@@H](c3ccc4ccccc4c3)CC2)c1. The molecule has 128 valence electrons. The molecule has 0 unspecified atom stereocenters. The summed E-state index contributed by atoms with van der Waals surface area (Å²) in [4.78, 5) is 0. The van der Waals surface area contributed by atoms with Crippen LogP contribution in [0.25, 0.3) is 10.8 Å². The highest BCUT2D eigenvalue weighted by molar-refractivity contribution is 5.83. The van der Waals surface area contributed by atoms with Crippen LogP contribution in [0.5, 0.6) is 0 Å². The molecule has 1 aliphatic carbocycles. The molecule has 0 amide bonds. The number of hydrogen-bond acceptors (Lipinski definition) is 1. The third-order valence-corrected chi connectivity index (χ3v) is 6.21. The first kappa shape index (κ1) is 16.4. The molecular formula is C24H27N. The molecule has 1 saturated carbocycles. The van der Waals surface area contributed by atoms with E-state index in [1.165, 1.54) is 53.1 Å². The molecule has 0 atom stereocenters. The number of benzene rings is 3. The van der Waals surface area contributed by atoms with Gasteiger partial charge in [-0.15, -0.1) is 0 Å². The van der Waals surface area contributed by atoms with Crippen LogP contribution in [0, 0.1) is 6.92 Å². The van der Waals surface area contributed by atoms with Gasteiger partial charge in [-0.2, -0.15) is 0 Å². The zero-order valence-electron chi connectivity index (χ0n) is 15.0. The van der Waals surface area contributed by atoms with E-state index < -0.39 is 0 Å². The minimum Gasteiger partial charge on any atom is -0.330 e. The highest BCUT2D eigenvalue weighted by Crippen LogP contribution is 2.44. The van der Waals surface area contributed by atoms with Gasteiger partial charge in [0.15, 0.2) is 0 Å². The Morgan fingerprint density at radius 1 is 0.880 bits per heavy atom. The summed E-state index contributed by atoms with van der Waals surface area (Å²) in [5.41, 5.74) is 10.7. The first-order valence-electron chi connectivity index (χ1n) is 9.46. The number of nitrogens with two attached hydrogens (primary N) is 1. The van der Waals surface area contributed by atoms with Gasteiger partial charge in [0.1, 0.15) is 0 Å². The third kappa shape index (κ3) is 3.09. The molecule has 0 saturated heterocycles. The van der Waals surface area contributed by atoms with Crippen molar-refractivity contribution >= 4 is 10.8 Å². The molecule has 3 aromatic carbocycles. The second-order valence-electron chi connectivity index (χ2n) is 7.73. The second-order valence-corrected chi connectivity index (χ2v) is 7.73. The summed E-state index contributed by atoms with van der Waals surface area (Å²) < 4.78 is 0. The Morgan fingerprint density at radius 2 is 1.64 bits per heavy atom. The Kier molecular flexibility index (Phi) is 4.35. The molecular weight excluding hydrogens is 302 g/mol. The molecule has 2 N–H and O–H groups in total. The van der Waals surface area contributed by atoms with Gasteiger partial charge in [0.05, 0.1) is 0 Å². The fourth-order valence-electron chi connectivity index (χ4n) is 4.55. The van der Waals surface area contributed by atoms with Gasteiger partial charge in [0, 0.05) is 12.0 Å². The highest BCUT2D eigenvalue weighted by atomic mass is 14.6. The van der Waals surface area contributed by atoms with Crippen molar-refractivity contribution in [1.82, 2.24) is 0 Å². The summed E-state index contributed by atoms with van der Waals surface area (Å²) in [6, 6.07) is 24.6. The summed E-state index contributed by atoms with van der Waals surface area (Å²) in [6.07, 6.45) is 4.82. The minimum absolute atomic E-state index is 0.166. The van der Waals surface area contributed by atoms with Gasteiger partial charge in [0.2, 0.25) is 0 Å². The van der Waals surface area contributed by atoms with Crippen LogP contribution in [-0.2, 0) is 5.41 Å². The fraction of sp³-hybridized carbons (Fsp3) is 0.333. The van der Waals surface area contributed by atoms with Crippen LogP contribution in [0.4, 0.5) is 0 Å². The van der Waals surface area contributed by atoms with E-state index in [1.54, 1.807) is 0 Å². The van der Waals surface area contributed by atoms with Gasteiger partial charge in [-0.25, -0.2) is 0 Å². The van der Waals surface area contributed by atoms with Gasteiger partial charge in [-0.05, 0) is 60.4 Å². The number of rotatable bonds is 3. The Balaban J connectivity index is 1.57. The summed E-state index contributed by atoms with van der Waals surface area (Å²) in [7, 11) is 0. The standard InChI is InChI=1S/C24H27N/c1-18-5-4-8-23(15-18)24(17-25)13-11-20(12-14-24)22-10-9-19-6-2-3-7-21(19)16-22/h2-10,15-16,20H,11-14,17,25H2,1H3/t20-,24-. The first-order valence-corrected chi connectivity index (χ1v) is 9.46. The van der Waals surface area contributed by atoms with Gasteiger partial charge in [-0.1, -0.05) is 72.3 Å². The average Bonchev–Trinajstić information content (AvgIpc) is 2.68. The zero-order valence-corrected chi connectivity index (χ0v) is 15.0. The van der Waals surface area contributed by atoms with Crippen molar-refractivity contribution in [3.63, 3.8) is 0 Å². The van der Waals surface area contributed by atoms with Crippen molar-refractivity contribution in [2.75, 3.05) is 6.54 Å². The Bertz CT molecular complexity index is 872. The molecule has 1 fully saturated rings. The maximum atomic E-state index is 6.28. The molecule has 4 rings (SSSR count). The van der Waals surface area contributed by atoms with Crippen molar-refractivity contribution in [1.29, 1.82) is 0 Å². The van der Waals surface area contributed by atoms with Crippen LogP contribution in [0.1, 0.15) is 48.3 Å². The van der Waals surface area contributed by atoms with Crippen molar-refractivity contribution in [3.05, 3.63) is 83.4 Å².